The number of nitrogens with one attached hydrogen (secondary N) is 1. The van der Waals surface area contributed by atoms with E-state index in [2.05, 4.69) is 25.1 Å². The van der Waals surface area contributed by atoms with Gasteiger partial charge in [0.25, 0.3) is 0 Å². The van der Waals surface area contributed by atoms with E-state index in [1.54, 1.807) is 33.6 Å². The third kappa shape index (κ3) is 8.01. The van der Waals surface area contributed by atoms with Gasteiger partial charge < -0.3 is 45.3 Å². The molecule has 5 N–H and O–H groups in total. The van der Waals surface area contributed by atoms with Crippen molar-refractivity contribution >= 4 is 42.9 Å². The van der Waals surface area contributed by atoms with E-state index in [9.17, 15) is 19.0 Å². The number of imidazole rings is 2. The first-order valence-electron chi connectivity index (χ1n) is 18.8. The van der Waals surface area contributed by atoms with Crippen molar-refractivity contribution in [2.45, 2.75) is 36.8 Å². The molecule has 7 heterocycles. The van der Waals surface area contributed by atoms with E-state index in [-0.39, 0.29) is 30.4 Å². The molecule has 3 aliphatic heterocycles. The van der Waals surface area contributed by atoms with Crippen LogP contribution in [-0.4, -0.2) is 124 Å². The standard InChI is InChI=1S/C21H26FN5O3S.C17H20FN5O2S/c1-29-18-8-15(22)2-3-16(18)17-10-23-19-27(17)25-20(31-19)26-6-4-21(13-28,5-7-26)24-9-14-11-30-12-14;1-25-14-8-11(18)2-3-12(14)13-9-20-15-23(13)21-16(26-15)22-6-4-17(19,10-24)5-7-22/h2-3,8,10,14,24,28H,4-7,9,11-13H2,1H3;2-3,8-9,24H,4-7,10,19H2,1H3. The summed E-state index contributed by atoms with van der Waals surface area (Å²) in [6, 6.07) is 8.87. The van der Waals surface area contributed by atoms with Crippen molar-refractivity contribution in [1.29, 1.82) is 0 Å². The minimum absolute atomic E-state index is 0.00343. The van der Waals surface area contributed by atoms with Gasteiger partial charge in [0.2, 0.25) is 20.2 Å². The second-order valence-corrected chi connectivity index (χ2v) is 16.7. The first-order chi connectivity index (χ1) is 27.6. The molecule has 0 atom stereocenters. The van der Waals surface area contributed by atoms with Gasteiger partial charge in [0.1, 0.15) is 23.1 Å². The molecule has 9 rings (SSSR count). The Balaban J connectivity index is 0.000000162. The molecule has 3 saturated heterocycles. The lowest BCUT2D eigenvalue weighted by atomic mass is 9.87. The van der Waals surface area contributed by atoms with Gasteiger partial charge in [-0.2, -0.15) is 0 Å². The summed E-state index contributed by atoms with van der Waals surface area (Å²) in [7, 11) is 3.03. The molecule has 0 unspecified atom stereocenters. The van der Waals surface area contributed by atoms with Crippen molar-refractivity contribution in [3.05, 3.63) is 60.4 Å². The molecule has 0 radical (unpaired) electrons. The Bertz CT molecular complexity index is 2310. The Morgan fingerprint density at radius 3 is 1.70 bits per heavy atom. The number of hydrogen-bond acceptors (Lipinski definition) is 15. The van der Waals surface area contributed by atoms with E-state index >= 15 is 0 Å². The summed E-state index contributed by atoms with van der Waals surface area (Å²) < 4.78 is 46.5. The van der Waals surface area contributed by atoms with E-state index in [4.69, 9.17) is 30.1 Å². The number of nitrogens with zero attached hydrogens (tertiary/aromatic N) is 8. The summed E-state index contributed by atoms with van der Waals surface area (Å²) in [6.45, 7) is 5.71. The summed E-state index contributed by atoms with van der Waals surface area (Å²) in [4.78, 5) is 14.9. The molecule has 0 amide bonds. The highest BCUT2D eigenvalue weighted by Gasteiger charge is 2.36. The number of methoxy groups -OCH3 is 2. The Hall–Kier alpha value is -4.50. The fourth-order valence-corrected chi connectivity index (χ4v) is 9.18. The number of aliphatic hydroxyl groups excluding tert-OH is 2. The topological polar surface area (TPSA) is 173 Å². The van der Waals surface area contributed by atoms with Gasteiger partial charge in [-0.05, 0) is 49.9 Å². The number of nitrogens with two attached hydrogens (primary N) is 1. The molecule has 304 valence electrons. The van der Waals surface area contributed by atoms with Crippen LogP contribution in [0.25, 0.3) is 32.4 Å². The predicted molar refractivity (Wildman–Crippen MR) is 215 cm³/mol. The summed E-state index contributed by atoms with van der Waals surface area (Å²) in [5.74, 6) is 0.738. The first kappa shape index (κ1) is 39.3. The van der Waals surface area contributed by atoms with Crippen molar-refractivity contribution in [2.24, 2.45) is 11.7 Å². The molecule has 0 spiro atoms. The maximum absolute atomic E-state index is 13.6. The highest BCUT2D eigenvalue weighted by Crippen LogP contribution is 2.37. The van der Waals surface area contributed by atoms with Crippen LogP contribution in [0.15, 0.2) is 48.8 Å². The average Bonchev–Trinajstić information content (AvgIpc) is 4.01. The fraction of sp³-hybridized carbons (Fsp3) is 0.474. The molecule has 19 heteroatoms. The van der Waals surface area contributed by atoms with E-state index in [0.717, 1.165) is 101 Å². The molecule has 4 aromatic heterocycles. The van der Waals surface area contributed by atoms with Gasteiger partial charge in [-0.25, -0.2) is 27.8 Å². The van der Waals surface area contributed by atoms with Crippen LogP contribution in [0, 0.1) is 17.6 Å². The maximum Gasteiger partial charge on any atom is 0.214 e. The number of benzene rings is 2. The molecular formula is C38H46F2N10O5S2. The quantitative estimate of drug-likeness (QED) is 0.148. The van der Waals surface area contributed by atoms with Crippen LogP contribution in [0.4, 0.5) is 19.0 Å². The molecule has 6 aromatic rings. The first-order valence-corrected chi connectivity index (χ1v) is 20.5. The number of ether oxygens (including phenoxy) is 3. The van der Waals surface area contributed by atoms with Gasteiger partial charge >= 0.3 is 0 Å². The molecule has 57 heavy (non-hydrogen) atoms. The minimum Gasteiger partial charge on any atom is -0.496 e. The van der Waals surface area contributed by atoms with Crippen LogP contribution in [0.2, 0.25) is 0 Å². The molecule has 3 aliphatic rings. The SMILES string of the molecule is COc1cc(F)ccc1-c1cnc2sc(N3CCC(CO)(NCC4COC4)CC3)nn12.COc1cc(F)ccc1-c1cnc2sc(N3CCC(N)(CO)CC3)nn12. The smallest absolute Gasteiger partial charge is 0.214 e. The van der Waals surface area contributed by atoms with Gasteiger partial charge in [0.05, 0.1) is 64.4 Å². The highest BCUT2D eigenvalue weighted by molar-refractivity contribution is 7.20. The number of anilines is 2. The van der Waals surface area contributed by atoms with E-state index in [1.165, 1.54) is 61.2 Å². The number of aromatic nitrogens is 6. The lowest BCUT2D eigenvalue weighted by molar-refractivity contribution is -0.0363. The van der Waals surface area contributed by atoms with Crippen LogP contribution in [0.3, 0.4) is 0 Å². The molecule has 0 aliphatic carbocycles. The van der Waals surface area contributed by atoms with Crippen molar-refractivity contribution in [2.75, 3.05) is 83.2 Å². The summed E-state index contributed by atoms with van der Waals surface area (Å²) >= 11 is 3.02. The molecule has 15 nitrogen and oxygen atoms in total. The molecular weight excluding hydrogens is 779 g/mol. The van der Waals surface area contributed by atoms with Crippen LogP contribution in [0.1, 0.15) is 25.7 Å². The van der Waals surface area contributed by atoms with Crippen LogP contribution < -0.4 is 30.3 Å². The zero-order valence-corrected chi connectivity index (χ0v) is 33.4. The number of piperidine rings is 2. The molecule has 0 saturated carbocycles. The Morgan fingerprint density at radius 1 is 0.789 bits per heavy atom. The maximum atomic E-state index is 13.6. The number of hydrogen-bond donors (Lipinski definition) is 4. The number of aliphatic hydroxyl groups is 2. The highest BCUT2D eigenvalue weighted by atomic mass is 32.1. The van der Waals surface area contributed by atoms with E-state index in [0.29, 0.717) is 30.3 Å². The monoisotopic (exact) mass is 824 g/mol. The lowest BCUT2D eigenvalue weighted by Gasteiger charge is -2.42. The second-order valence-electron chi connectivity index (χ2n) is 14.9. The van der Waals surface area contributed by atoms with Gasteiger partial charge in [-0.1, -0.05) is 22.7 Å². The summed E-state index contributed by atoms with van der Waals surface area (Å²) in [5, 5.41) is 34.3. The van der Waals surface area contributed by atoms with Crippen LogP contribution in [0.5, 0.6) is 11.5 Å². The van der Waals surface area contributed by atoms with Crippen LogP contribution in [-0.2, 0) is 4.74 Å². The normalized spacial score (nSPS) is 18.1. The van der Waals surface area contributed by atoms with E-state index in [1.807, 2.05) is 0 Å². The second kappa shape index (κ2) is 16.4. The average molecular weight is 825 g/mol. The van der Waals surface area contributed by atoms with Crippen molar-refractivity contribution in [3.8, 4) is 34.0 Å². The van der Waals surface area contributed by atoms with Gasteiger partial charge in [-0.15, -0.1) is 10.2 Å². The van der Waals surface area contributed by atoms with Gasteiger partial charge in [-0.3, -0.25) is 0 Å². The zero-order chi connectivity index (χ0) is 39.7. The Kier molecular flexibility index (Phi) is 11.3. The van der Waals surface area contributed by atoms with Gasteiger partial charge in [0, 0.05) is 73.0 Å². The van der Waals surface area contributed by atoms with Crippen LogP contribution >= 0.6 is 22.7 Å². The molecule has 2 aromatic carbocycles. The molecule has 0 bridgehead atoms. The zero-order valence-electron chi connectivity index (χ0n) is 31.7. The Morgan fingerprint density at radius 2 is 1.28 bits per heavy atom. The molecule has 3 fully saturated rings. The largest absolute Gasteiger partial charge is 0.496 e. The summed E-state index contributed by atoms with van der Waals surface area (Å²) in [6.07, 6.45) is 6.56. The van der Waals surface area contributed by atoms with Crippen molar-refractivity contribution in [1.82, 2.24) is 34.5 Å². The Labute approximate surface area is 335 Å². The summed E-state index contributed by atoms with van der Waals surface area (Å²) in [5.41, 5.74) is 8.40. The van der Waals surface area contributed by atoms with Crippen molar-refractivity contribution in [3.63, 3.8) is 0 Å². The fourth-order valence-electron chi connectivity index (χ4n) is 7.32. The number of rotatable bonds is 11. The lowest BCUT2D eigenvalue weighted by Crippen LogP contribution is -2.58. The minimum atomic E-state index is -0.499. The van der Waals surface area contributed by atoms with Gasteiger partial charge in [0.15, 0.2) is 0 Å². The number of halogens is 2. The third-order valence-electron chi connectivity index (χ3n) is 11.1. The van der Waals surface area contributed by atoms with Crippen molar-refractivity contribution < 1.29 is 33.2 Å². The third-order valence-corrected chi connectivity index (χ3v) is 13.1. The number of fused-ring (bicyclic) bond motifs is 2. The van der Waals surface area contributed by atoms with E-state index < -0.39 is 5.54 Å². The predicted octanol–water partition coefficient (Wildman–Crippen LogP) is 4.07.